The standard InChI is InChI=1S/C25H30N4O2/c1-31-23-12-10-21(11-13-23)24(28-14-6-3-7-15-28)18-26-25(30)16-20-17-27-29(19-20)22-8-4-2-5-9-22/h2,4-5,8-13,17,19,24H,3,6-7,14-16,18H2,1H3,(H,26,30). The van der Waals surface area contributed by atoms with Crippen LogP contribution in [0.5, 0.6) is 5.75 Å². The van der Waals surface area contributed by atoms with E-state index in [-0.39, 0.29) is 11.9 Å². The summed E-state index contributed by atoms with van der Waals surface area (Å²) in [7, 11) is 1.68. The van der Waals surface area contributed by atoms with Crippen molar-refractivity contribution in [2.45, 2.75) is 31.7 Å². The van der Waals surface area contributed by atoms with E-state index in [9.17, 15) is 4.79 Å². The molecule has 0 radical (unpaired) electrons. The Morgan fingerprint density at radius 3 is 2.52 bits per heavy atom. The summed E-state index contributed by atoms with van der Waals surface area (Å²) in [4.78, 5) is 15.2. The van der Waals surface area contributed by atoms with Crippen LogP contribution in [0.2, 0.25) is 0 Å². The van der Waals surface area contributed by atoms with Crippen molar-refractivity contribution in [2.24, 2.45) is 0 Å². The minimum absolute atomic E-state index is 0.0168. The molecule has 31 heavy (non-hydrogen) atoms. The number of methoxy groups -OCH3 is 1. The van der Waals surface area contributed by atoms with Crippen molar-refractivity contribution in [1.82, 2.24) is 20.0 Å². The van der Waals surface area contributed by atoms with Crippen molar-refractivity contribution in [3.05, 3.63) is 78.1 Å². The second-order valence-corrected chi connectivity index (χ2v) is 8.00. The lowest BCUT2D eigenvalue weighted by molar-refractivity contribution is -0.120. The smallest absolute Gasteiger partial charge is 0.224 e. The summed E-state index contributed by atoms with van der Waals surface area (Å²) in [6.45, 7) is 2.73. The molecule has 0 aliphatic carbocycles. The van der Waals surface area contributed by atoms with E-state index in [1.807, 2.05) is 48.7 Å². The van der Waals surface area contributed by atoms with Crippen LogP contribution in [0.15, 0.2) is 67.0 Å². The zero-order valence-corrected chi connectivity index (χ0v) is 18.0. The third-order valence-corrected chi connectivity index (χ3v) is 5.85. The zero-order chi connectivity index (χ0) is 21.5. The Bertz CT molecular complexity index is 963. The van der Waals surface area contributed by atoms with Crippen LogP contribution < -0.4 is 10.1 Å². The Morgan fingerprint density at radius 1 is 1.06 bits per heavy atom. The van der Waals surface area contributed by atoms with Gasteiger partial charge in [-0.15, -0.1) is 0 Å². The number of hydrogen-bond donors (Lipinski definition) is 1. The third kappa shape index (κ3) is 5.52. The first-order chi connectivity index (χ1) is 15.2. The average Bonchev–Trinajstić information content (AvgIpc) is 3.29. The molecule has 1 amide bonds. The van der Waals surface area contributed by atoms with Crippen LogP contribution in [0.3, 0.4) is 0 Å². The number of amides is 1. The number of benzene rings is 2. The van der Waals surface area contributed by atoms with Gasteiger partial charge in [-0.05, 0) is 61.3 Å². The highest BCUT2D eigenvalue weighted by Crippen LogP contribution is 2.26. The Kier molecular flexibility index (Phi) is 6.99. The number of likely N-dealkylation sites (tertiary alicyclic amines) is 1. The van der Waals surface area contributed by atoms with Gasteiger partial charge in [0.15, 0.2) is 0 Å². The van der Waals surface area contributed by atoms with Crippen molar-refractivity contribution < 1.29 is 9.53 Å². The summed E-state index contributed by atoms with van der Waals surface area (Å²) in [5.41, 5.74) is 3.10. The maximum Gasteiger partial charge on any atom is 0.224 e. The fourth-order valence-electron chi connectivity index (χ4n) is 4.15. The van der Waals surface area contributed by atoms with Crippen LogP contribution in [-0.4, -0.2) is 47.3 Å². The second-order valence-electron chi connectivity index (χ2n) is 8.00. The summed E-state index contributed by atoms with van der Waals surface area (Å²) in [5.74, 6) is 0.865. The van der Waals surface area contributed by atoms with Gasteiger partial charge in [-0.2, -0.15) is 5.10 Å². The highest BCUT2D eigenvalue weighted by molar-refractivity contribution is 5.78. The van der Waals surface area contributed by atoms with Gasteiger partial charge in [-0.25, -0.2) is 4.68 Å². The summed E-state index contributed by atoms with van der Waals surface area (Å²) in [5, 5.41) is 7.54. The third-order valence-electron chi connectivity index (χ3n) is 5.85. The monoisotopic (exact) mass is 418 g/mol. The van der Waals surface area contributed by atoms with Gasteiger partial charge < -0.3 is 10.1 Å². The minimum Gasteiger partial charge on any atom is -0.497 e. The van der Waals surface area contributed by atoms with E-state index in [2.05, 4.69) is 27.4 Å². The van der Waals surface area contributed by atoms with Crippen LogP contribution in [0.1, 0.15) is 36.4 Å². The van der Waals surface area contributed by atoms with Crippen LogP contribution >= 0.6 is 0 Å². The number of nitrogens with zero attached hydrogens (tertiary/aromatic N) is 3. The van der Waals surface area contributed by atoms with Crippen molar-refractivity contribution in [3.63, 3.8) is 0 Å². The lowest BCUT2D eigenvalue weighted by Crippen LogP contribution is -2.41. The Morgan fingerprint density at radius 2 is 1.81 bits per heavy atom. The number of carbonyl (C=O) groups excluding carboxylic acids is 1. The van der Waals surface area contributed by atoms with Crippen molar-refractivity contribution in [1.29, 1.82) is 0 Å². The second kappa shape index (κ2) is 10.3. The van der Waals surface area contributed by atoms with E-state index in [0.29, 0.717) is 13.0 Å². The summed E-state index contributed by atoms with van der Waals surface area (Å²) >= 11 is 0. The van der Waals surface area contributed by atoms with Crippen LogP contribution in [0.25, 0.3) is 5.69 Å². The van der Waals surface area contributed by atoms with Gasteiger partial charge >= 0.3 is 0 Å². The molecule has 3 aromatic rings. The fraction of sp³-hybridized carbons (Fsp3) is 0.360. The lowest BCUT2D eigenvalue weighted by atomic mass is 10.0. The molecule has 0 saturated carbocycles. The quantitative estimate of drug-likeness (QED) is 0.605. The molecule has 0 spiro atoms. The first-order valence-electron chi connectivity index (χ1n) is 11.0. The molecule has 1 fully saturated rings. The predicted molar refractivity (Wildman–Crippen MR) is 121 cm³/mol. The fourth-order valence-corrected chi connectivity index (χ4v) is 4.15. The van der Waals surface area contributed by atoms with Gasteiger partial charge in [0.1, 0.15) is 5.75 Å². The molecule has 0 bridgehead atoms. The molecule has 6 heteroatoms. The van der Waals surface area contributed by atoms with Gasteiger partial charge in [0.25, 0.3) is 0 Å². The number of hydrogen-bond acceptors (Lipinski definition) is 4. The van der Waals surface area contributed by atoms with Gasteiger partial charge in [-0.1, -0.05) is 36.8 Å². The zero-order valence-electron chi connectivity index (χ0n) is 18.0. The van der Waals surface area contributed by atoms with E-state index in [1.165, 1.54) is 24.8 Å². The molecular weight excluding hydrogens is 388 g/mol. The minimum atomic E-state index is 0.0168. The first kappa shape index (κ1) is 21.1. The first-order valence-corrected chi connectivity index (χ1v) is 11.0. The molecular formula is C25H30N4O2. The molecule has 4 rings (SSSR count). The van der Waals surface area contributed by atoms with Crippen molar-refractivity contribution in [2.75, 3.05) is 26.7 Å². The van der Waals surface area contributed by atoms with E-state index in [1.54, 1.807) is 18.0 Å². The van der Waals surface area contributed by atoms with Crippen LogP contribution in [0, 0.1) is 0 Å². The lowest BCUT2D eigenvalue weighted by Gasteiger charge is -2.35. The molecule has 2 aromatic carbocycles. The van der Waals surface area contributed by atoms with Crippen LogP contribution in [0.4, 0.5) is 0 Å². The molecule has 2 heterocycles. The number of piperidine rings is 1. The Hall–Kier alpha value is -3.12. The average molecular weight is 419 g/mol. The van der Waals surface area contributed by atoms with Gasteiger partial charge in [0, 0.05) is 12.7 Å². The summed E-state index contributed by atoms with van der Waals surface area (Å²) in [6.07, 6.45) is 7.70. The van der Waals surface area contributed by atoms with E-state index in [0.717, 1.165) is 30.1 Å². The van der Waals surface area contributed by atoms with E-state index < -0.39 is 0 Å². The molecule has 6 nitrogen and oxygen atoms in total. The number of ether oxygens (including phenoxy) is 1. The number of nitrogens with one attached hydrogen (secondary N) is 1. The Balaban J connectivity index is 1.39. The SMILES string of the molecule is COc1ccc(C(CNC(=O)Cc2cnn(-c3ccccc3)c2)N2CCCCC2)cc1. The highest BCUT2D eigenvalue weighted by Gasteiger charge is 2.23. The van der Waals surface area contributed by atoms with E-state index >= 15 is 0 Å². The number of para-hydroxylation sites is 1. The van der Waals surface area contributed by atoms with Gasteiger partial charge in [-0.3, -0.25) is 9.69 Å². The largest absolute Gasteiger partial charge is 0.497 e. The number of rotatable bonds is 8. The van der Waals surface area contributed by atoms with Gasteiger partial charge in [0.05, 0.1) is 31.5 Å². The number of carbonyl (C=O) groups is 1. The highest BCUT2D eigenvalue weighted by atomic mass is 16.5. The topological polar surface area (TPSA) is 59.4 Å². The molecule has 1 aliphatic heterocycles. The molecule has 162 valence electrons. The van der Waals surface area contributed by atoms with Crippen molar-refractivity contribution >= 4 is 5.91 Å². The predicted octanol–water partition coefficient (Wildman–Crippen LogP) is 3.77. The summed E-state index contributed by atoms with van der Waals surface area (Å²) in [6, 6.07) is 18.3. The molecule has 1 aliphatic rings. The van der Waals surface area contributed by atoms with Crippen molar-refractivity contribution in [3.8, 4) is 11.4 Å². The van der Waals surface area contributed by atoms with E-state index in [4.69, 9.17) is 4.74 Å². The number of aromatic nitrogens is 2. The molecule has 1 atom stereocenters. The Labute approximate surface area is 183 Å². The molecule has 1 N–H and O–H groups in total. The maximum absolute atomic E-state index is 12.7. The molecule has 1 saturated heterocycles. The van der Waals surface area contributed by atoms with Crippen LogP contribution in [-0.2, 0) is 11.2 Å². The van der Waals surface area contributed by atoms with Gasteiger partial charge in [0.2, 0.25) is 5.91 Å². The maximum atomic E-state index is 12.7. The normalized spacial score (nSPS) is 15.4. The molecule has 1 aromatic heterocycles. The summed E-state index contributed by atoms with van der Waals surface area (Å²) < 4.78 is 7.10. The molecule has 1 unspecified atom stereocenters.